The maximum absolute atomic E-state index is 12.6. The monoisotopic (exact) mass is 538 g/mol. The highest BCUT2D eigenvalue weighted by atomic mass is 35.5. The van der Waals surface area contributed by atoms with Crippen molar-refractivity contribution < 1.29 is 19.0 Å². The number of hydrogen-bond acceptors (Lipinski definition) is 9. The summed E-state index contributed by atoms with van der Waals surface area (Å²) in [6.45, 7) is 3.07. The van der Waals surface area contributed by atoms with E-state index in [0.29, 0.717) is 47.9 Å². The van der Waals surface area contributed by atoms with Gasteiger partial charge < -0.3 is 34.6 Å². The van der Waals surface area contributed by atoms with Gasteiger partial charge in [0.2, 0.25) is 11.9 Å². The number of nitrogens with zero attached hydrogens (tertiary/aromatic N) is 4. The molecular weight excluding hydrogens is 508 g/mol. The summed E-state index contributed by atoms with van der Waals surface area (Å²) < 4.78 is 16.7. The molecule has 1 amide bonds. The molecule has 2 aromatic carbocycles. The molecule has 0 unspecified atom stereocenters. The maximum atomic E-state index is 12.6. The highest BCUT2D eigenvalue weighted by molar-refractivity contribution is 6.33. The largest absolute Gasteiger partial charge is 0.496 e. The summed E-state index contributed by atoms with van der Waals surface area (Å²) in [6, 6.07) is 9.72. The Morgan fingerprint density at radius 2 is 1.76 bits per heavy atom. The van der Waals surface area contributed by atoms with Crippen LogP contribution >= 0.6 is 11.6 Å². The second-order valence-corrected chi connectivity index (χ2v) is 9.48. The molecule has 2 aliphatic rings. The number of methoxy groups -OCH3 is 2. The minimum absolute atomic E-state index is 0.0482. The van der Waals surface area contributed by atoms with Gasteiger partial charge in [-0.15, -0.1) is 0 Å². The zero-order valence-corrected chi connectivity index (χ0v) is 22.5. The lowest BCUT2D eigenvalue weighted by Crippen LogP contribution is -2.36. The van der Waals surface area contributed by atoms with Crippen molar-refractivity contribution in [3.8, 4) is 11.5 Å². The first kappa shape index (κ1) is 25.9. The second-order valence-electron chi connectivity index (χ2n) is 9.07. The summed E-state index contributed by atoms with van der Waals surface area (Å²) in [4.78, 5) is 25.6. The number of carbonyl (C=O) groups is 1. The standard InChI is InChI=1S/C27H31ClN6O4/c1-33-24(35)6-4-5-18-22(36-2)10-9-21(25(18)33)31-27-29-16-19(28)26(32-27)30-20-8-7-17(15-23(20)37-3)34-11-13-38-14-12-34/h7-10,15-16H,4-6,11-14H2,1-3H3,(H2,29,30,31,32). The van der Waals surface area contributed by atoms with Gasteiger partial charge in [-0.05, 0) is 37.1 Å². The van der Waals surface area contributed by atoms with Gasteiger partial charge in [-0.3, -0.25) is 4.79 Å². The number of nitrogens with one attached hydrogen (secondary N) is 2. The molecule has 0 radical (unpaired) electrons. The van der Waals surface area contributed by atoms with Crippen molar-refractivity contribution in [3.63, 3.8) is 0 Å². The molecule has 38 heavy (non-hydrogen) atoms. The normalized spacial score (nSPS) is 15.5. The van der Waals surface area contributed by atoms with Crippen LogP contribution in [0.25, 0.3) is 0 Å². The lowest BCUT2D eigenvalue weighted by atomic mass is 10.0. The van der Waals surface area contributed by atoms with E-state index in [2.05, 4.69) is 25.5 Å². The van der Waals surface area contributed by atoms with Crippen molar-refractivity contribution in [2.45, 2.75) is 19.3 Å². The van der Waals surface area contributed by atoms with E-state index in [9.17, 15) is 4.79 Å². The van der Waals surface area contributed by atoms with E-state index in [1.807, 2.05) is 30.3 Å². The highest BCUT2D eigenvalue weighted by Crippen LogP contribution is 2.40. The molecule has 0 spiro atoms. The van der Waals surface area contributed by atoms with Crippen molar-refractivity contribution in [1.82, 2.24) is 9.97 Å². The minimum Gasteiger partial charge on any atom is -0.496 e. The van der Waals surface area contributed by atoms with Crippen LogP contribution in [0, 0.1) is 0 Å². The Morgan fingerprint density at radius 3 is 2.53 bits per heavy atom. The molecular formula is C27H31ClN6O4. The van der Waals surface area contributed by atoms with Gasteiger partial charge in [0.1, 0.15) is 16.5 Å². The van der Waals surface area contributed by atoms with Crippen LogP contribution in [0.2, 0.25) is 5.02 Å². The quantitative estimate of drug-likeness (QED) is 0.440. The molecule has 1 fully saturated rings. The van der Waals surface area contributed by atoms with Gasteiger partial charge in [0.05, 0.1) is 50.7 Å². The number of benzene rings is 2. The van der Waals surface area contributed by atoms with Crippen LogP contribution in [-0.4, -0.2) is 63.4 Å². The predicted molar refractivity (Wildman–Crippen MR) is 149 cm³/mol. The Balaban J connectivity index is 1.43. The molecule has 5 rings (SSSR count). The number of morpholine rings is 1. The van der Waals surface area contributed by atoms with Crippen molar-refractivity contribution in [2.24, 2.45) is 0 Å². The number of fused-ring (bicyclic) bond motifs is 1. The van der Waals surface area contributed by atoms with Crippen molar-refractivity contribution in [2.75, 3.05) is 68.0 Å². The van der Waals surface area contributed by atoms with E-state index in [-0.39, 0.29) is 5.91 Å². The van der Waals surface area contributed by atoms with Crippen LogP contribution in [0.5, 0.6) is 11.5 Å². The Labute approximate surface area is 226 Å². The zero-order valence-electron chi connectivity index (χ0n) is 21.7. The molecule has 1 saturated heterocycles. The smallest absolute Gasteiger partial charge is 0.229 e. The first-order valence-electron chi connectivity index (χ1n) is 12.5. The average Bonchev–Trinajstić information content (AvgIpc) is 3.09. The first-order valence-corrected chi connectivity index (χ1v) is 12.9. The molecule has 10 nitrogen and oxygen atoms in total. The van der Waals surface area contributed by atoms with Crippen molar-refractivity contribution >= 4 is 52.0 Å². The van der Waals surface area contributed by atoms with E-state index in [1.165, 1.54) is 6.20 Å². The second kappa shape index (κ2) is 11.3. The summed E-state index contributed by atoms with van der Waals surface area (Å²) in [5.41, 5.74) is 4.23. The minimum atomic E-state index is 0.0482. The molecule has 2 N–H and O–H groups in total. The van der Waals surface area contributed by atoms with Gasteiger partial charge in [-0.2, -0.15) is 4.98 Å². The third-order valence-corrected chi connectivity index (χ3v) is 7.07. The Morgan fingerprint density at radius 1 is 1.00 bits per heavy atom. The van der Waals surface area contributed by atoms with E-state index in [0.717, 1.165) is 54.3 Å². The van der Waals surface area contributed by atoms with Gasteiger partial charge in [0, 0.05) is 43.9 Å². The average molecular weight is 539 g/mol. The lowest BCUT2D eigenvalue weighted by molar-refractivity contribution is -0.118. The summed E-state index contributed by atoms with van der Waals surface area (Å²) in [5, 5.41) is 6.91. The number of hydrogen-bond donors (Lipinski definition) is 2. The van der Waals surface area contributed by atoms with Gasteiger partial charge in [-0.25, -0.2) is 4.98 Å². The molecule has 0 aliphatic carbocycles. The molecule has 0 saturated carbocycles. The number of carbonyl (C=O) groups excluding carboxylic acids is 1. The van der Waals surface area contributed by atoms with Crippen molar-refractivity contribution in [1.29, 1.82) is 0 Å². The Hall–Kier alpha value is -3.76. The lowest BCUT2D eigenvalue weighted by Gasteiger charge is -2.29. The van der Waals surface area contributed by atoms with Gasteiger partial charge in [0.15, 0.2) is 5.82 Å². The molecule has 3 heterocycles. The molecule has 0 bridgehead atoms. The third kappa shape index (κ3) is 5.27. The fourth-order valence-corrected chi connectivity index (χ4v) is 4.95. The van der Waals surface area contributed by atoms with E-state index >= 15 is 0 Å². The van der Waals surface area contributed by atoms with Crippen molar-refractivity contribution in [3.05, 3.63) is 47.1 Å². The number of halogens is 1. The number of anilines is 6. The fourth-order valence-electron chi connectivity index (χ4n) is 4.81. The van der Waals surface area contributed by atoms with Crippen LogP contribution in [0.3, 0.4) is 0 Å². The van der Waals surface area contributed by atoms with Crippen LogP contribution in [0.15, 0.2) is 36.5 Å². The van der Waals surface area contributed by atoms with Crippen LogP contribution in [0.1, 0.15) is 18.4 Å². The number of ether oxygens (including phenoxy) is 3. The van der Waals surface area contributed by atoms with E-state index in [1.54, 1.807) is 26.2 Å². The van der Waals surface area contributed by atoms with Gasteiger partial charge in [0.25, 0.3) is 0 Å². The topological polar surface area (TPSA) is 101 Å². The third-order valence-electron chi connectivity index (χ3n) is 6.79. The number of aromatic nitrogens is 2. The van der Waals surface area contributed by atoms with Gasteiger partial charge >= 0.3 is 0 Å². The summed E-state index contributed by atoms with van der Waals surface area (Å²) in [7, 11) is 5.04. The number of rotatable bonds is 7. The summed E-state index contributed by atoms with van der Waals surface area (Å²) >= 11 is 6.47. The van der Waals surface area contributed by atoms with E-state index in [4.69, 9.17) is 25.8 Å². The molecule has 200 valence electrons. The van der Waals surface area contributed by atoms with Crippen LogP contribution in [0.4, 0.5) is 34.5 Å². The fraction of sp³-hybridized carbons (Fsp3) is 0.370. The molecule has 1 aromatic heterocycles. The molecule has 0 atom stereocenters. The molecule has 2 aliphatic heterocycles. The predicted octanol–water partition coefficient (Wildman–Crippen LogP) is 4.77. The Kier molecular flexibility index (Phi) is 7.71. The maximum Gasteiger partial charge on any atom is 0.229 e. The number of amides is 1. The molecule has 3 aromatic rings. The SMILES string of the molecule is COc1cc(N2CCOCC2)ccc1Nc1nc(Nc2ccc(OC)c3c2N(C)C(=O)CCC3)ncc1Cl. The summed E-state index contributed by atoms with van der Waals surface area (Å²) in [6.07, 6.45) is 3.50. The molecule has 11 heteroatoms. The van der Waals surface area contributed by atoms with Crippen LogP contribution in [-0.2, 0) is 16.0 Å². The Bertz CT molecular complexity index is 1330. The summed E-state index contributed by atoms with van der Waals surface area (Å²) in [5.74, 6) is 2.22. The highest BCUT2D eigenvalue weighted by Gasteiger charge is 2.25. The van der Waals surface area contributed by atoms with Crippen LogP contribution < -0.4 is 29.9 Å². The van der Waals surface area contributed by atoms with Gasteiger partial charge in [-0.1, -0.05) is 11.6 Å². The first-order chi connectivity index (χ1) is 18.5. The zero-order chi connectivity index (χ0) is 26.6. The van der Waals surface area contributed by atoms with E-state index < -0.39 is 0 Å².